The summed E-state index contributed by atoms with van der Waals surface area (Å²) >= 11 is 0. The lowest BCUT2D eigenvalue weighted by molar-refractivity contribution is -0.139. The monoisotopic (exact) mass is 355 g/mol. The molecular weight excluding hydrogens is 326 g/mol. The molecule has 1 aliphatic carbocycles. The molecule has 2 aliphatic heterocycles. The summed E-state index contributed by atoms with van der Waals surface area (Å²) in [6.07, 6.45) is 6.53. The van der Waals surface area contributed by atoms with Gasteiger partial charge in [0.15, 0.2) is 0 Å². The molecule has 0 spiro atoms. The van der Waals surface area contributed by atoms with Gasteiger partial charge in [0.05, 0.1) is 5.56 Å². The first kappa shape index (κ1) is 17.6. The Kier molecular flexibility index (Phi) is 4.54. The highest BCUT2D eigenvalue weighted by molar-refractivity contribution is 5.94. The van der Waals surface area contributed by atoms with Crippen LogP contribution in [-0.2, 0) is 15.1 Å². The van der Waals surface area contributed by atoms with Crippen LogP contribution in [0, 0.1) is 17.8 Å². The summed E-state index contributed by atoms with van der Waals surface area (Å²) in [5, 5.41) is 0. The van der Waals surface area contributed by atoms with Crippen LogP contribution in [0.4, 0.5) is 0 Å². The molecule has 4 nitrogen and oxygen atoms in total. The SMILES string of the molecule is CC(C)C(=O)N1CCC(C2(C3CCCC3)OC(=O)c3ccccc32)CC1. The zero-order valence-electron chi connectivity index (χ0n) is 15.9. The van der Waals surface area contributed by atoms with Crippen LogP contribution in [0.3, 0.4) is 0 Å². The maximum Gasteiger partial charge on any atom is 0.339 e. The fourth-order valence-corrected chi connectivity index (χ4v) is 5.45. The van der Waals surface area contributed by atoms with Crippen LogP contribution in [0.5, 0.6) is 0 Å². The molecule has 26 heavy (non-hydrogen) atoms. The molecule has 140 valence electrons. The molecule has 1 unspecified atom stereocenters. The summed E-state index contributed by atoms with van der Waals surface area (Å²) in [6, 6.07) is 7.96. The minimum atomic E-state index is -0.475. The number of likely N-dealkylation sites (tertiary alicyclic amines) is 1. The van der Waals surface area contributed by atoms with Crippen LogP contribution in [0.1, 0.15) is 68.3 Å². The van der Waals surface area contributed by atoms with Gasteiger partial charge in [-0.3, -0.25) is 4.79 Å². The molecule has 1 atom stereocenters. The zero-order chi connectivity index (χ0) is 18.3. The van der Waals surface area contributed by atoms with Crippen molar-refractivity contribution >= 4 is 11.9 Å². The summed E-state index contributed by atoms with van der Waals surface area (Å²) in [6.45, 7) is 5.47. The lowest BCUT2D eigenvalue weighted by atomic mass is 9.68. The number of carbonyl (C=O) groups excluding carboxylic acids is 2. The number of amides is 1. The molecule has 1 aromatic rings. The van der Waals surface area contributed by atoms with Gasteiger partial charge in [-0.15, -0.1) is 0 Å². The highest BCUT2D eigenvalue weighted by Gasteiger charge is 2.56. The van der Waals surface area contributed by atoms with Gasteiger partial charge < -0.3 is 9.64 Å². The number of cyclic esters (lactones) is 1. The molecule has 0 N–H and O–H groups in total. The maximum absolute atomic E-state index is 12.7. The standard InChI is InChI=1S/C22H29NO3/c1-15(2)20(24)23-13-11-17(12-14-23)22(16-7-3-4-8-16)19-10-6-5-9-18(19)21(25)26-22/h5-6,9-10,15-17H,3-4,7-8,11-14H2,1-2H3. The normalized spacial score (nSPS) is 27.0. The van der Waals surface area contributed by atoms with Crippen molar-refractivity contribution in [2.45, 2.75) is 58.0 Å². The Bertz CT molecular complexity index is 699. The van der Waals surface area contributed by atoms with Crippen molar-refractivity contribution in [2.24, 2.45) is 17.8 Å². The van der Waals surface area contributed by atoms with E-state index >= 15 is 0 Å². The number of rotatable bonds is 3. The molecule has 1 amide bonds. The Labute approximate surface area is 155 Å². The van der Waals surface area contributed by atoms with Crippen LogP contribution in [0.15, 0.2) is 24.3 Å². The fraction of sp³-hybridized carbons (Fsp3) is 0.636. The minimum Gasteiger partial charge on any atom is -0.450 e. The first-order valence-corrected chi connectivity index (χ1v) is 10.2. The molecule has 1 aromatic carbocycles. The number of ether oxygens (including phenoxy) is 1. The topological polar surface area (TPSA) is 46.6 Å². The van der Waals surface area contributed by atoms with Crippen molar-refractivity contribution < 1.29 is 14.3 Å². The first-order chi connectivity index (χ1) is 12.5. The second-order valence-corrected chi connectivity index (χ2v) is 8.46. The van der Waals surface area contributed by atoms with E-state index in [1.165, 1.54) is 12.8 Å². The summed E-state index contributed by atoms with van der Waals surface area (Å²) < 4.78 is 6.24. The second-order valence-electron chi connectivity index (χ2n) is 8.46. The van der Waals surface area contributed by atoms with Crippen LogP contribution < -0.4 is 0 Å². The summed E-state index contributed by atoms with van der Waals surface area (Å²) in [7, 11) is 0. The van der Waals surface area contributed by atoms with E-state index < -0.39 is 5.60 Å². The van der Waals surface area contributed by atoms with Crippen LogP contribution in [0.2, 0.25) is 0 Å². The van der Waals surface area contributed by atoms with Gasteiger partial charge in [-0.25, -0.2) is 4.79 Å². The smallest absolute Gasteiger partial charge is 0.339 e. The molecular formula is C22H29NO3. The number of hydrogen-bond acceptors (Lipinski definition) is 3. The molecule has 0 radical (unpaired) electrons. The summed E-state index contributed by atoms with van der Waals surface area (Å²) in [5.74, 6) is 0.831. The van der Waals surface area contributed by atoms with Crippen LogP contribution in [0.25, 0.3) is 0 Å². The van der Waals surface area contributed by atoms with E-state index in [1.54, 1.807) is 0 Å². The van der Waals surface area contributed by atoms with Gasteiger partial charge in [0.2, 0.25) is 5.91 Å². The Morgan fingerprint density at radius 2 is 1.69 bits per heavy atom. The average Bonchev–Trinajstić information content (AvgIpc) is 3.29. The van der Waals surface area contributed by atoms with Gasteiger partial charge in [-0.05, 0) is 31.7 Å². The van der Waals surface area contributed by atoms with Crippen LogP contribution >= 0.6 is 0 Å². The van der Waals surface area contributed by atoms with E-state index in [9.17, 15) is 9.59 Å². The lowest BCUT2D eigenvalue weighted by Gasteiger charge is -2.45. The molecule has 1 saturated heterocycles. The van der Waals surface area contributed by atoms with Crippen molar-refractivity contribution in [3.63, 3.8) is 0 Å². The number of piperidine rings is 1. The molecule has 2 heterocycles. The Hall–Kier alpha value is -1.84. The van der Waals surface area contributed by atoms with E-state index in [1.807, 2.05) is 36.9 Å². The Morgan fingerprint density at radius 1 is 1.08 bits per heavy atom. The third-order valence-electron chi connectivity index (χ3n) is 6.70. The number of carbonyl (C=O) groups is 2. The average molecular weight is 355 g/mol. The summed E-state index contributed by atoms with van der Waals surface area (Å²) in [4.78, 5) is 27.0. The third-order valence-corrected chi connectivity index (χ3v) is 6.70. The van der Waals surface area contributed by atoms with Crippen molar-refractivity contribution in [1.29, 1.82) is 0 Å². The van der Waals surface area contributed by atoms with E-state index in [-0.39, 0.29) is 17.8 Å². The number of nitrogens with zero attached hydrogens (tertiary/aromatic N) is 1. The van der Waals surface area contributed by atoms with Crippen molar-refractivity contribution in [3.05, 3.63) is 35.4 Å². The van der Waals surface area contributed by atoms with Crippen molar-refractivity contribution in [1.82, 2.24) is 4.90 Å². The highest BCUT2D eigenvalue weighted by Crippen LogP contribution is 2.55. The third kappa shape index (κ3) is 2.65. The van der Waals surface area contributed by atoms with E-state index in [0.29, 0.717) is 11.8 Å². The predicted molar refractivity (Wildman–Crippen MR) is 99.6 cm³/mol. The van der Waals surface area contributed by atoms with Gasteiger partial charge in [0.1, 0.15) is 5.60 Å². The number of hydrogen-bond donors (Lipinski definition) is 0. The van der Waals surface area contributed by atoms with Gasteiger partial charge in [0.25, 0.3) is 0 Å². The lowest BCUT2D eigenvalue weighted by Crippen LogP contribution is -2.49. The van der Waals surface area contributed by atoms with Crippen molar-refractivity contribution in [3.8, 4) is 0 Å². The van der Waals surface area contributed by atoms with Gasteiger partial charge in [0, 0.05) is 36.4 Å². The first-order valence-electron chi connectivity index (χ1n) is 10.2. The molecule has 4 heteroatoms. The van der Waals surface area contributed by atoms with E-state index in [2.05, 4.69) is 6.07 Å². The van der Waals surface area contributed by atoms with Crippen molar-refractivity contribution in [2.75, 3.05) is 13.1 Å². The fourth-order valence-electron chi connectivity index (χ4n) is 5.45. The van der Waals surface area contributed by atoms with E-state index in [4.69, 9.17) is 4.74 Å². The van der Waals surface area contributed by atoms with Gasteiger partial charge >= 0.3 is 5.97 Å². The Morgan fingerprint density at radius 3 is 2.35 bits per heavy atom. The minimum absolute atomic E-state index is 0.0420. The molecule has 0 bridgehead atoms. The number of esters is 1. The van der Waals surface area contributed by atoms with Crippen LogP contribution in [-0.4, -0.2) is 29.9 Å². The predicted octanol–water partition coefficient (Wildman–Crippen LogP) is 4.14. The largest absolute Gasteiger partial charge is 0.450 e. The molecule has 3 aliphatic rings. The Balaban J connectivity index is 1.65. The quantitative estimate of drug-likeness (QED) is 0.766. The molecule has 4 rings (SSSR count). The second kappa shape index (κ2) is 6.71. The van der Waals surface area contributed by atoms with Gasteiger partial charge in [-0.1, -0.05) is 44.9 Å². The molecule has 1 saturated carbocycles. The molecule has 0 aromatic heterocycles. The maximum atomic E-state index is 12.7. The van der Waals surface area contributed by atoms with Gasteiger partial charge in [-0.2, -0.15) is 0 Å². The molecule has 2 fully saturated rings. The zero-order valence-corrected chi connectivity index (χ0v) is 15.9. The van der Waals surface area contributed by atoms with E-state index in [0.717, 1.165) is 49.9 Å². The highest BCUT2D eigenvalue weighted by atomic mass is 16.6. The number of fused-ring (bicyclic) bond motifs is 1. The summed E-state index contributed by atoms with van der Waals surface area (Å²) in [5.41, 5.74) is 1.38. The number of benzene rings is 1.